The van der Waals surface area contributed by atoms with Crippen molar-refractivity contribution in [2.75, 3.05) is 0 Å². The maximum absolute atomic E-state index is 5.11. The molecule has 5 heteroatoms. The first-order valence-corrected chi connectivity index (χ1v) is 9.02. The number of H-pyrrole nitrogens is 1. The molecule has 0 aliphatic heterocycles. The summed E-state index contributed by atoms with van der Waals surface area (Å²) in [5.41, 5.74) is 4.54. The number of aryl methyl sites for hydroxylation is 2. The molecule has 2 aromatic heterocycles. The number of benzene rings is 1. The van der Waals surface area contributed by atoms with Crippen LogP contribution in [0.5, 0.6) is 0 Å². The molecule has 1 N–H and O–H groups in total. The molecule has 0 atom stereocenters. The Morgan fingerprint density at radius 1 is 1.17 bits per heavy atom. The average Bonchev–Trinajstić information content (AvgIpc) is 2.95. The lowest BCUT2D eigenvalue weighted by Gasteiger charge is -2.01. The fraction of sp³-hybridized carbons (Fsp3) is 0.278. The van der Waals surface area contributed by atoms with E-state index >= 15 is 0 Å². The zero-order valence-electron chi connectivity index (χ0n) is 13.3. The molecule has 3 rings (SSSR count). The highest BCUT2D eigenvalue weighted by atomic mass is 32.1. The number of unbranched alkanes of at least 4 members (excludes halogenated alkanes) is 1. The van der Waals surface area contributed by atoms with Gasteiger partial charge in [-0.1, -0.05) is 37.6 Å². The lowest BCUT2D eigenvalue weighted by atomic mass is 10.1. The highest BCUT2D eigenvalue weighted by molar-refractivity contribution is 7.71. The van der Waals surface area contributed by atoms with Crippen molar-refractivity contribution in [1.82, 2.24) is 15.0 Å². The molecule has 0 aliphatic carbocycles. The second-order valence-corrected chi connectivity index (χ2v) is 6.91. The normalized spacial score (nSPS) is 10.9. The first-order valence-electron chi connectivity index (χ1n) is 7.80. The summed E-state index contributed by atoms with van der Waals surface area (Å²) in [5, 5.41) is 1.04. The van der Waals surface area contributed by atoms with Crippen molar-refractivity contribution in [3.63, 3.8) is 0 Å². The summed E-state index contributed by atoms with van der Waals surface area (Å²) in [7, 11) is 0. The maximum atomic E-state index is 5.11. The average molecular weight is 342 g/mol. The molecule has 1 aromatic carbocycles. The summed E-state index contributed by atoms with van der Waals surface area (Å²) in [6.07, 6.45) is 5.34. The molecule has 0 unspecified atom stereocenters. The minimum Gasteiger partial charge on any atom is -0.330 e. The van der Waals surface area contributed by atoms with Crippen LogP contribution in [0.4, 0.5) is 0 Å². The summed E-state index contributed by atoms with van der Waals surface area (Å²) in [6, 6.07) is 10.7. The number of nitrogens with zero attached hydrogens (tertiary/aromatic N) is 2. The number of hydrogen-bond donors (Lipinski definition) is 1. The van der Waals surface area contributed by atoms with Gasteiger partial charge in [0.25, 0.3) is 0 Å². The number of aromatic nitrogens is 3. The van der Waals surface area contributed by atoms with Gasteiger partial charge in [0.15, 0.2) is 4.77 Å². The van der Waals surface area contributed by atoms with Crippen molar-refractivity contribution < 1.29 is 0 Å². The fourth-order valence-corrected chi connectivity index (χ4v) is 3.69. The molecule has 0 bridgehead atoms. The standard InChI is InChI=1S/C18H19N3S2/c1-3-4-5-13-6-8-14(9-7-13)17-20-12(2)16(23-17)15-10-11-19-18(22)21-15/h6-11H,3-5H2,1-2H3,(H,19,21,22). The Bertz CT molecular complexity index is 847. The first-order chi connectivity index (χ1) is 11.2. The number of hydrogen-bond acceptors (Lipinski definition) is 4. The summed E-state index contributed by atoms with van der Waals surface area (Å²) >= 11 is 6.79. The Morgan fingerprint density at radius 3 is 2.65 bits per heavy atom. The Balaban J connectivity index is 1.90. The molecule has 0 amide bonds. The highest BCUT2D eigenvalue weighted by Gasteiger charge is 2.11. The molecular formula is C18H19N3S2. The van der Waals surface area contributed by atoms with Gasteiger partial charge < -0.3 is 4.98 Å². The third-order valence-electron chi connectivity index (χ3n) is 3.74. The van der Waals surface area contributed by atoms with E-state index < -0.39 is 0 Å². The van der Waals surface area contributed by atoms with E-state index in [0.29, 0.717) is 4.77 Å². The summed E-state index contributed by atoms with van der Waals surface area (Å²) in [6.45, 7) is 4.25. The van der Waals surface area contributed by atoms with Crippen LogP contribution in [0, 0.1) is 11.7 Å². The molecular weight excluding hydrogens is 322 g/mol. The number of thiazole rings is 1. The van der Waals surface area contributed by atoms with Crippen LogP contribution in [0.15, 0.2) is 36.5 Å². The Labute approximate surface area is 145 Å². The quantitative estimate of drug-likeness (QED) is 0.616. The molecule has 3 aromatic rings. The van der Waals surface area contributed by atoms with Crippen LogP contribution in [0.2, 0.25) is 0 Å². The van der Waals surface area contributed by atoms with Gasteiger partial charge in [-0.05, 0) is 43.6 Å². The Kier molecular flexibility index (Phi) is 4.98. The van der Waals surface area contributed by atoms with Crippen molar-refractivity contribution in [2.45, 2.75) is 33.1 Å². The van der Waals surface area contributed by atoms with Crippen molar-refractivity contribution >= 4 is 23.6 Å². The molecule has 0 saturated heterocycles. The largest absolute Gasteiger partial charge is 0.330 e. The molecule has 2 heterocycles. The van der Waals surface area contributed by atoms with Gasteiger partial charge in [0, 0.05) is 11.8 Å². The van der Waals surface area contributed by atoms with E-state index in [-0.39, 0.29) is 0 Å². The van der Waals surface area contributed by atoms with Gasteiger partial charge in [0.05, 0.1) is 16.3 Å². The van der Waals surface area contributed by atoms with E-state index in [2.05, 4.69) is 41.2 Å². The van der Waals surface area contributed by atoms with Crippen LogP contribution < -0.4 is 0 Å². The summed E-state index contributed by atoms with van der Waals surface area (Å²) < 4.78 is 0.497. The van der Waals surface area contributed by atoms with Crippen LogP contribution in [0.3, 0.4) is 0 Å². The molecule has 118 valence electrons. The predicted octanol–water partition coefficient (Wildman–Crippen LogP) is 5.58. The van der Waals surface area contributed by atoms with E-state index in [1.54, 1.807) is 17.5 Å². The molecule has 0 radical (unpaired) electrons. The van der Waals surface area contributed by atoms with Crippen molar-refractivity contribution in [1.29, 1.82) is 0 Å². The van der Waals surface area contributed by atoms with E-state index in [1.165, 1.54) is 18.4 Å². The van der Waals surface area contributed by atoms with Crippen LogP contribution >= 0.6 is 23.6 Å². The van der Waals surface area contributed by atoms with Crippen molar-refractivity contribution in [3.8, 4) is 21.1 Å². The molecule has 0 fully saturated rings. The van der Waals surface area contributed by atoms with Gasteiger partial charge in [0.2, 0.25) is 0 Å². The van der Waals surface area contributed by atoms with Crippen LogP contribution in [-0.4, -0.2) is 15.0 Å². The molecule has 0 saturated carbocycles. The van der Waals surface area contributed by atoms with Crippen LogP contribution in [0.1, 0.15) is 31.0 Å². The second-order valence-electron chi connectivity index (χ2n) is 5.52. The van der Waals surface area contributed by atoms with Crippen molar-refractivity contribution in [2.24, 2.45) is 0 Å². The SMILES string of the molecule is CCCCc1ccc(-c2nc(C)c(-c3ccnc(=S)[nH]3)s2)cc1. The van der Waals surface area contributed by atoms with E-state index in [9.17, 15) is 0 Å². The molecule has 23 heavy (non-hydrogen) atoms. The summed E-state index contributed by atoms with van der Waals surface area (Å²) in [5.74, 6) is 0. The predicted molar refractivity (Wildman–Crippen MR) is 99.3 cm³/mol. The van der Waals surface area contributed by atoms with Gasteiger partial charge >= 0.3 is 0 Å². The Hall–Kier alpha value is -1.85. The third-order valence-corrected chi connectivity index (χ3v) is 5.18. The van der Waals surface area contributed by atoms with E-state index in [4.69, 9.17) is 17.2 Å². The smallest absolute Gasteiger partial charge is 0.197 e. The maximum Gasteiger partial charge on any atom is 0.197 e. The molecule has 0 spiro atoms. The van der Waals surface area contributed by atoms with Gasteiger partial charge in [-0.3, -0.25) is 0 Å². The Morgan fingerprint density at radius 2 is 1.96 bits per heavy atom. The molecule has 0 aliphatic rings. The zero-order valence-corrected chi connectivity index (χ0v) is 14.9. The summed E-state index contributed by atoms with van der Waals surface area (Å²) in [4.78, 5) is 13.0. The first kappa shape index (κ1) is 16.0. The van der Waals surface area contributed by atoms with Gasteiger partial charge in [-0.25, -0.2) is 9.97 Å². The van der Waals surface area contributed by atoms with Gasteiger partial charge in [-0.2, -0.15) is 0 Å². The van der Waals surface area contributed by atoms with Gasteiger partial charge in [0.1, 0.15) is 5.01 Å². The minimum absolute atomic E-state index is 0.497. The number of nitrogens with one attached hydrogen (secondary N) is 1. The highest BCUT2D eigenvalue weighted by Crippen LogP contribution is 2.34. The van der Waals surface area contributed by atoms with E-state index in [0.717, 1.165) is 33.3 Å². The zero-order chi connectivity index (χ0) is 16.2. The van der Waals surface area contributed by atoms with Crippen LogP contribution in [-0.2, 0) is 6.42 Å². The van der Waals surface area contributed by atoms with E-state index in [1.807, 2.05) is 13.0 Å². The number of aromatic amines is 1. The molecule has 3 nitrogen and oxygen atoms in total. The van der Waals surface area contributed by atoms with Gasteiger partial charge in [-0.15, -0.1) is 11.3 Å². The topological polar surface area (TPSA) is 41.6 Å². The lowest BCUT2D eigenvalue weighted by molar-refractivity contribution is 0.795. The second kappa shape index (κ2) is 7.15. The number of rotatable bonds is 5. The minimum atomic E-state index is 0.497. The monoisotopic (exact) mass is 341 g/mol. The lowest BCUT2D eigenvalue weighted by Crippen LogP contribution is -1.85. The van der Waals surface area contributed by atoms with Crippen LogP contribution in [0.25, 0.3) is 21.1 Å². The third kappa shape index (κ3) is 3.74. The fourth-order valence-electron chi connectivity index (χ4n) is 2.47. The van der Waals surface area contributed by atoms with Crippen molar-refractivity contribution in [3.05, 3.63) is 52.6 Å².